The molecule has 3 nitrogen and oxygen atoms in total. The average Bonchev–Trinajstić information content (AvgIpc) is 2.61. The third kappa shape index (κ3) is 3.37. The van der Waals surface area contributed by atoms with Crippen molar-refractivity contribution < 1.29 is 17.9 Å². The lowest BCUT2D eigenvalue weighted by Gasteiger charge is -2.06. The van der Waals surface area contributed by atoms with Gasteiger partial charge in [0, 0.05) is 12.6 Å². The number of alkyl halides is 2. The molecule has 0 atom stereocenters. The predicted molar refractivity (Wildman–Crippen MR) is 71.6 cm³/mol. The number of rotatable bonds is 5. The number of fused-ring (bicyclic) bond motifs is 1. The highest BCUT2D eigenvalue weighted by molar-refractivity contribution is 9.10. The van der Waals surface area contributed by atoms with E-state index in [1.165, 1.54) is 6.07 Å². The minimum atomic E-state index is -2.49. The highest BCUT2D eigenvalue weighted by Crippen LogP contribution is 2.23. The SMILES string of the molecule is Fc1cc2[nH]c(=S)n(CCOCC(F)F)c2cc1Br. The zero-order valence-corrected chi connectivity index (χ0v) is 12.0. The Morgan fingerprint density at radius 2 is 2.16 bits per heavy atom. The third-order valence-corrected chi connectivity index (χ3v) is 3.45. The quantitative estimate of drug-likeness (QED) is 0.652. The first-order chi connectivity index (χ1) is 8.99. The number of benzene rings is 1. The van der Waals surface area contributed by atoms with Crippen molar-refractivity contribution >= 4 is 39.2 Å². The standard InChI is InChI=1S/C11H10BrF3N2OS/c12-6-3-9-8(4-7(6)13)16-11(19)17(9)1-2-18-5-10(14)15/h3-4,10H,1-2,5H2,(H,16,19). The van der Waals surface area contributed by atoms with Gasteiger partial charge in [-0.1, -0.05) is 0 Å². The maximum Gasteiger partial charge on any atom is 0.261 e. The lowest BCUT2D eigenvalue weighted by Crippen LogP contribution is -2.10. The van der Waals surface area contributed by atoms with Crippen molar-refractivity contribution in [2.45, 2.75) is 13.0 Å². The molecule has 0 amide bonds. The summed E-state index contributed by atoms with van der Waals surface area (Å²) >= 11 is 8.20. The zero-order chi connectivity index (χ0) is 14.0. The van der Waals surface area contributed by atoms with Crippen LogP contribution in [0.3, 0.4) is 0 Å². The Balaban J connectivity index is 2.20. The Kier molecular flexibility index (Phi) is 4.64. The first-order valence-corrected chi connectivity index (χ1v) is 6.62. The summed E-state index contributed by atoms with van der Waals surface area (Å²) < 4.78 is 44.4. The monoisotopic (exact) mass is 354 g/mol. The van der Waals surface area contributed by atoms with Crippen LogP contribution in [0.4, 0.5) is 13.2 Å². The molecule has 0 fully saturated rings. The van der Waals surface area contributed by atoms with E-state index in [0.717, 1.165) is 0 Å². The summed E-state index contributed by atoms with van der Waals surface area (Å²) in [7, 11) is 0. The molecule has 2 rings (SSSR count). The Morgan fingerprint density at radius 1 is 1.42 bits per heavy atom. The predicted octanol–water partition coefficient (Wildman–Crippen LogP) is 3.88. The molecule has 1 aromatic heterocycles. The van der Waals surface area contributed by atoms with Gasteiger partial charge in [-0.3, -0.25) is 0 Å². The van der Waals surface area contributed by atoms with Crippen LogP contribution >= 0.6 is 28.1 Å². The topological polar surface area (TPSA) is 29.9 Å². The largest absolute Gasteiger partial charge is 0.374 e. The van der Waals surface area contributed by atoms with Crippen molar-refractivity contribution in [1.82, 2.24) is 9.55 Å². The highest BCUT2D eigenvalue weighted by Gasteiger charge is 2.09. The van der Waals surface area contributed by atoms with Gasteiger partial charge in [-0.05, 0) is 34.2 Å². The van der Waals surface area contributed by atoms with Crippen LogP contribution in [0.2, 0.25) is 0 Å². The van der Waals surface area contributed by atoms with E-state index in [1.54, 1.807) is 10.6 Å². The van der Waals surface area contributed by atoms with Gasteiger partial charge in [0.25, 0.3) is 6.43 Å². The molecule has 0 aliphatic carbocycles. The second kappa shape index (κ2) is 6.06. The molecule has 19 heavy (non-hydrogen) atoms. The van der Waals surface area contributed by atoms with E-state index in [4.69, 9.17) is 17.0 Å². The molecule has 104 valence electrons. The van der Waals surface area contributed by atoms with Crippen LogP contribution < -0.4 is 0 Å². The second-order valence-electron chi connectivity index (χ2n) is 3.83. The molecule has 1 aromatic carbocycles. The van der Waals surface area contributed by atoms with E-state index in [1.807, 2.05) is 0 Å². The van der Waals surface area contributed by atoms with E-state index in [0.29, 0.717) is 26.8 Å². The Morgan fingerprint density at radius 3 is 2.84 bits per heavy atom. The summed E-state index contributed by atoms with van der Waals surface area (Å²) in [6, 6.07) is 2.91. The third-order valence-electron chi connectivity index (χ3n) is 2.52. The van der Waals surface area contributed by atoms with Crippen LogP contribution in [0.1, 0.15) is 0 Å². The van der Waals surface area contributed by atoms with Crippen molar-refractivity contribution in [3.63, 3.8) is 0 Å². The summed E-state index contributed by atoms with van der Waals surface area (Å²) in [6.07, 6.45) is -2.49. The number of nitrogens with zero attached hydrogens (tertiary/aromatic N) is 1. The molecular formula is C11H10BrF3N2OS. The van der Waals surface area contributed by atoms with E-state index in [-0.39, 0.29) is 6.61 Å². The average molecular weight is 355 g/mol. The second-order valence-corrected chi connectivity index (χ2v) is 5.07. The molecule has 0 unspecified atom stereocenters. The summed E-state index contributed by atoms with van der Waals surface area (Å²) in [4.78, 5) is 2.86. The smallest absolute Gasteiger partial charge is 0.261 e. The van der Waals surface area contributed by atoms with Crippen LogP contribution in [-0.4, -0.2) is 29.2 Å². The van der Waals surface area contributed by atoms with E-state index >= 15 is 0 Å². The Hall–Kier alpha value is -0.860. The number of hydrogen-bond acceptors (Lipinski definition) is 2. The molecule has 0 saturated carbocycles. The molecule has 0 saturated heterocycles. The molecule has 8 heteroatoms. The molecule has 0 spiro atoms. The van der Waals surface area contributed by atoms with Crippen LogP contribution in [0.5, 0.6) is 0 Å². The molecule has 0 aliphatic rings. The van der Waals surface area contributed by atoms with Crippen LogP contribution in [-0.2, 0) is 11.3 Å². The van der Waals surface area contributed by atoms with Gasteiger partial charge < -0.3 is 14.3 Å². The van der Waals surface area contributed by atoms with E-state index in [9.17, 15) is 13.2 Å². The van der Waals surface area contributed by atoms with Gasteiger partial charge in [0.2, 0.25) is 0 Å². The fourth-order valence-corrected chi connectivity index (χ4v) is 2.33. The van der Waals surface area contributed by atoms with Crippen molar-refractivity contribution in [2.75, 3.05) is 13.2 Å². The van der Waals surface area contributed by atoms with Crippen molar-refractivity contribution in [3.8, 4) is 0 Å². The van der Waals surface area contributed by atoms with Gasteiger partial charge in [-0.15, -0.1) is 0 Å². The van der Waals surface area contributed by atoms with Crippen molar-refractivity contribution in [2.24, 2.45) is 0 Å². The molecule has 1 N–H and O–H groups in total. The summed E-state index contributed by atoms with van der Waals surface area (Å²) in [5.74, 6) is -0.398. The first-order valence-electron chi connectivity index (χ1n) is 5.42. The molecule has 1 heterocycles. The van der Waals surface area contributed by atoms with Gasteiger partial charge in [0.05, 0.1) is 22.1 Å². The number of ether oxygens (including phenoxy) is 1. The molecular weight excluding hydrogens is 345 g/mol. The zero-order valence-electron chi connectivity index (χ0n) is 9.63. The van der Waals surface area contributed by atoms with Gasteiger partial charge in [-0.2, -0.15) is 0 Å². The van der Waals surface area contributed by atoms with Crippen molar-refractivity contribution in [3.05, 3.63) is 27.2 Å². The van der Waals surface area contributed by atoms with Gasteiger partial charge in [0.15, 0.2) is 4.77 Å². The van der Waals surface area contributed by atoms with Crippen LogP contribution in [0, 0.1) is 10.6 Å². The minimum absolute atomic E-state index is 0.112. The number of aromatic amines is 1. The number of imidazole rings is 1. The number of halogens is 4. The van der Waals surface area contributed by atoms with E-state index < -0.39 is 18.8 Å². The van der Waals surface area contributed by atoms with E-state index in [2.05, 4.69) is 20.9 Å². The summed E-state index contributed by atoms with van der Waals surface area (Å²) in [5.41, 5.74) is 1.25. The van der Waals surface area contributed by atoms with Gasteiger partial charge in [-0.25, -0.2) is 13.2 Å². The van der Waals surface area contributed by atoms with Crippen LogP contribution in [0.15, 0.2) is 16.6 Å². The fourth-order valence-electron chi connectivity index (χ4n) is 1.70. The number of hydrogen-bond donors (Lipinski definition) is 1. The summed E-state index contributed by atoms with van der Waals surface area (Å²) in [6.45, 7) is -0.168. The molecule has 0 radical (unpaired) electrons. The number of H-pyrrole nitrogens is 1. The number of nitrogens with one attached hydrogen (secondary N) is 1. The first kappa shape index (κ1) is 14.5. The minimum Gasteiger partial charge on any atom is -0.374 e. The highest BCUT2D eigenvalue weighted by atomic mass is 79.9. The Labute approximate surface area is 120 Å². The van der Waals surface area contributed by atoms with Gasteiger partial charge in [0.1, 0.15) is 12.4 Å². The molecule has 0 bridgehead atoms. The summed E-state index contributed by atoms with van der Waals surface area (Å²) in [5, 5.41) is 0. The maximum absolute atomic E-state index is 13.4. The van der Waals surface area contributed by atoms with Crippen molar-refractivity contribution in [1.29, 1.82) is 0 Å². The Bertz CT molecular complexity index is 641. The molecule has 0 aliphatic heterocycles. The lowest BCUT2D eigenvalue weighted by atomic mass is 10.3. The maximum atomic E-state index is 13.4. The lowest BCUT2D eigenvalue weighted by molar-refractivity contribution is 0.0149. The van der Waals surface area contributed by atoms with Crippen LogP contribution in [0.25, 0.3) is 11.0 Å². The normalized spacial score (nSPS) is 11.6. The fraction of sp³-hybridized carbons (Fsp3) is 0.364. The van der Waals surface area contributed by atoms with Gasteiger partial charge >= 0.3 is 0 Å². The number of aromatic nitrogens is 2. The molecule has 2 aromatic rings.